The van der Waals surface area contributed by atoms with E-state index in [4.69, 9.17) is 19.2 Å². The molecule has 8 heteroatoms. The second-order valence-corrected chi connectivity index (χ2v) is 8.04. The third kappa shape index (κ3) is 6.25. The van der Waals surface area contributed by atoms with Crippen molar-refractivity contribution in [1.82, 2.24) is 14.8 Å². The number of benzene rings is 1. The number of nitrogens with zero attached hydrogens (tertiary/aromatic N) is 3. The lowest BCUT2D eigenvalue weighted by molar-refractivity contribution is -0.145. The molecule has 7 nitrogen and oxygen atoms in total. The molecule has 2 heterocycles. The van der Waals surface area contributed by atoms with Crippen molar-refractivity contribution in [2.75, 3.05) is 53.1 Å². The maximum Gasteiger partial charge on any atom is 0.251 e. The maximum atomic E-state index is 12.6. The van der Waals surface area contributed by atoms with Gasteiger partial charge in [0.25, 0.3) is 5.91 Å². The number of piperazine rings is 1. The van der Waals surface area contributed by atoms with Gasteiger partial charge in [0.15, 0.2) is 0 Å². The highest BCUT2D eigenvalue weighted by Gasteiger charge is 2.25. The van der Waals surface area contributed by atoms with E-state index in [1.807, 2.05) is 43.0 Å². The topological polar surface area (TPSA) is 64.1 Å². The fraction of sp³-hybridized carbons (Fsp3) is 0.545. The van der Waals surface area contributed by atoms with Gasteiger partial charge in [0.2, 0.25) is 0 Å². The van der Waals surface area contributed by atoms with E-state index in [1.165, 1.54) is 0 Å². The van der Waals surface area contributed by atoms with Crippen LogP contribution >= 0.6 is 11.3 Å². The van der Waals surface area contributed by atoms with Gasteiger partial charge in [0, 0.05) is 50.3 Å². The Morgan fingerprint density at radius 1 is 1.17 bits per heavy atom. The van der Waals surface area contributed by atoms with Crippen LogP contribution in [0.15, 0.2) is 29.6 Å². The molecule has 1 aromatic heterocycles. The van der Waals surface area contributed by atoms with E-state index in [0.29, 0.717) is 32.9 Å². The molecule has 1 amide bonds. The molecule has 0 saturated carbocycles. The molecule has 30 heavy (non-hydrogen) atoms. The van der Waals surface area contributed by atoms with Gasteiger partial charge in [-0.3, -0.25) is 9.69 Å². The number of rotatable bonds is 10. The Morgan fingerprint density at radius 3 is 2.57 bits per heavy atom. The Bertz CT molecular complexity index is 788. The van der Waals surface area contributed by atoms with Crippen LogP contribution in [0.5, 0.6) is 5.75 Å². The van der Waals surface area contributed by atoms with Gasteiger partial charge in [-0.15, -0.1) is 11.3 Å². The van der Waals surface area contributed by atoms with Gasteiger partial charge in [-0.2, -0.15) is 0 Å². The summed E-state index contributed by atoms with van der Waals surface area (Å²) in [5, 5.41) is 3.13. The predicted octanol–water partition coefficient (Wildman–Crippen LogP) is 2.90. The summed E-state index contributed by atoms with van der Waals surface area (Å²) in [5.74, 6) is 0.901. The molecule has 1 aliphatic rings. The van der Waals surface area contributed by atoms with E-state index in [0.717, 1.165) is 41.6 Å². The smallest absolute Gasteiger partial charge is 0.251 e. The third-order valence-electron chi connectivity index (χ3n) is 5.11. The van der Waals surface area contributed by atoms with Crippen LogP contribution in [0.25, 0.3) is 10.6 Å². The quantitative estimate of drug-likeness (QED) is 0.537. The molecule has 0 radical (unpaired) electrons. The van der Waals surface area contributed by atoms with E-state index in [1.54, 1.807) is 18.4 Å². The summed E-state index contributed by atoms with van der Waals surface area (Å²) < 4.78 is 16.1. The highest BCUT2D eigenvalue weighted by atomic mass is 32.1. The average Bonchev–Trinajstić information content (AvgIpc) is 3.25. The van der Waals surface area contributed by atoms with Crippen molar-refractivity contribution in [3.63, 3.8) is 0 Å². The SMILES string of the molecule is CCOCCOC(C)C(=O)N1CCN(Cc2csc(-c3ccc(OC)cc3)n2)CC1. The molecule has 164 valence electrons. The first-order valence-corrected chi connectivity index (χ1v) is 11.3. The van der Waals surface area contributed by atoms with Crippen LogP contribution in [0.2, 0.25) is 0 Å². The number of carbonyl (C=O) groups is 1. The number of ether oxygens (including phenoxy) is 3. The van der Waals surface area contributed by atoms with Gasteiger partial charge >= 0.3 is 0 Å². The zero-order valence-electron chi connectivity index (χ0n) is 18.0. The van der Waals surface area contributed by atoms with Crippen LogP contribution in [0.1, 0.15) is 19.5 Å². The van der Waals surface area contributed by atoms with Gasteiger partial charge < -0.3 is 19.1 Å². The van der Waals surface area contributed by atoms with Crippen LogP contribution in [0.4, 0.5) is 0 Å². The van der Waals surface area contributed by atoms with Crippen LogP contribution in [-0.4, -0.2) is 79.9 Å². The first-order chi connectivity index (χ1) is 14.6. The van der Waals surface area contributed by atoms with E-state index in [2.05, 4.69) is 10.3 Å². The summed E-state index contributed by atoms with van der Waals surface area (Å²) in [6.07, 6.45) is -0.428. The van der Waals surface area contributed by atoms with Crippen molar-refractivity contribution in [2.45, 2.75) is 26.5 Å². The number of hydrogen-bond acceptors (Lipinski definition) is 7. The van der Waals surface area contributed by atoms with Crippen LogP contribution in [0, 0.1) is 0 Å². The summed E-state index contributed by atoms with van der Waals surface area (Å²) >= 11 is 1.66. The zero-order chi connectivity index (χ0) is 21.3. The maximum absolute atomic E-state index is 12.6. The van der Waals surface area contributed by atoms with Gasteiger partial charge in [-0.1, -0.05) is 0 Å². The molecular formula is C22H31N3O4S. The van der Waals surface area contributed by atoms with Crippen molar-refractivity contribution in [2.24, 2.45) is 0 Å². The summed E-state index contributed by atoms with van der Waals surface area (Å²) in [6.45, 7) is 9.30. The average molecular weight is 434 g/mol. The lowest BCUT2D eigenvalue weighted by Crippen LogP contribution is -2.51. The Balaban J connectivity index is 1.44. The molecule has 1 unspecified atom stereocenters. The fourth-order valence-electron chi connectivity index (χ4n) is 3.36. The first-order valence-electron chi connectivity index (χ1n) is 10.4. The molecule has 1 aliphatic heterocycles. The number of hydrogen-bond donors (Lipinski definition) is 0. The van der Waals surface area contributed by atoms with Crippen molar-refractivity contribution < 1.29 is 19.0 Å². The lowest BCUT2D eigenvalue weighted by atomic mass is 10.2. The van der Waals surface area contributed by atoms with Gasteiger partial charge in [0.05, 0.1) is 26.0 Å². The summed E-state index contributed by atoms with van der Waals surface area (Å²) in [4.78, 5) is 21.6. The number of thiazole rings is 1. The van der Waals surface area contributed by atoms with Crippen LogP contribution in [-0.2, 0) is 20.8 Å². The molecule has 0 spiro atoms. The molecule has 0 N–H and O–H groups in total. The summed E-state index contributed by atoms with van der Waals surface area (Å²) in [7, 11) is 1.67. The Hall–Kier alpha value is -2.00. The number of carbonyl (C=O) groups excluding carboxylic acids is 1. The molecule has 1 fully saturated rings. The minimum absolute atomic E-state index is 0.0570. The second kappa shape index (κ2) is 11.4. The molecule has 1 saturated heterocycles. The van der Waals surface area contributed by atoms with Crippen LogP contribution < -0.4 is 4.74 Å². The lowest BCUT2D eigenvalue weighted by Gasteiger charge is -2.35. The van der Waals surface area contributed by atoms with Gasteiger partial charge in [0.1, 0.15) is 16.9 Å². The Labute approximate surface area is 182 Å². The molecule has 1 aromatic carbocycles. The second-order valence-electron chi connectivity index (χ2n) is 7.18. The van der Waals surface area contributed by atoms with Crippen molar-refractivity contribution in [3.8, 4) is 16.3 Å². The zero-order valence-corrected chi connectivity index (χ0v) is 18.8. The number of aromatic nitrogens is 1. The summed E-state index contributed by atoms with van der Waals surface area (Å²) in [5.41, 5.74) is 2.17. The molecule has 1 atom stereocenters. The van der Waals surface area contributed by atoms with E-state index in [-0.39, 0.29) is 5.91 Å². The highest BCUT2D eigenvalue weighted by molar-refractivity contribution is 7.13. The molecule has 2 aromatic rings. The van der Waals surface area contributed by atoms with E-state index in [9.17, 15) is 4.79 Å². The fourth-order valence-corrected chi connectivity index (χ4v) is 4.17. The molecule has 0 aliphatic carbocycles. The number of amides is 1. The van der Waals surface area contributed by atoms with Crippen LogP contribution in [0.3, 0.4) is 0 Å². The minimum atomic E-state index is -0.428. The molecular weight excluding hydrogens is 402 g/mol. The largest absolute Gasteiger partial charge is 0.497 e. The molecule has 3 rings (SSSR count). The Kier molecular flexibility index (Phi) is 8.62. The van der Waals surface area contributed by atoms with Crippen molar-refractivity contribution in [3.05, 3.63) is 35.3 Å². The minimum Gasteiger partial charge on any atom is -0.497 e. The Morgan fingerprint density at radius 2 is 1.90 bits per heavy atom. The first kappa shape index (κ1) is 22.7. The van der Waals surface area contributed by atoms with Gasteiger partial charge in [-0.25, -0.2) is 4.98 Å². The summed E-state index contributed by atoms with van der Waals surface area (Å²) in [6, 6.07) is 7.97. The normalized spacial score (nSPS) is 15.9. The van der Waals surface area contributed by atoms with E-state index < -0.39 is 6.10 Å². The van der Waals surface area contributed by atoms with E-state index >= 15 is 0 Å². The van der Waals surface area contributed by atoms with Crippen molar-refractivity contribution in [1.29, 1.82) is 0 Å². The third-order valence-corrected chi connectivity index (χ3v) is 6.05. The van der Waals surface area contributed by atoms with Crippen molar-refractivity contribution >= 4 is 17.2 Å². The monoisotopic (exact) mass is 433 g/mol. The predicted molar refractivity (Wildman–Crippen MR) is 118 cm³/mol. The molecule has 0 bridgehead atoms. The van der Waals surface area contributed by atoms with Gasteiger partial charge in [-0.05, 0) is 38.1 Å². The number of methoxy groups -OCH3 is 1. The standard InChI is InChI=1S/C22H31N3O4S/c1-4-28-13-14-29-17(2)22(26)25-11-9-24(10-12-25)15-19-16-30-21(23-19)18-5-7-20(27-3)8-6-18/h5-8,16-17H,4,9-15H2,1-3H3. The highest BCUT2D eigenvalue weighted by Crippen LogP contribution is 2.26.